The van der Waals surface area contributed by atoms with E-state index in [0.29, 0.717) is 5.56 Å². The molecule has 0 amide bonds. The van der Waals surface area contributed by atoms with Crippen LogP contribution in [0.2, 0.25) is 0 Å². The molecular weight excluding hydrogens is 517 g/mol. The summed E-state index contributed by atoms with van der Waals surface area (Å²) in [5.41, 5.74) is 5.67. The molecule has 0 N–H and O–H groups in total. The molecule has 2 aliphatic rings. The van der Waals surface area contributed by atoms with E-state index >= 15 is 0 Å². The number of hydrogen-bond acceptors (Lipinski definition) is 3. The minimum Gasteiger partial charge on any atom is -0.433 e. The molecule has 0 saturated carbocycles. The molecule has 0 bridgehead atoms. The van der Waals surface area contributed by atoms with Crippen molar-refractivity contribution in [1.29, 1.82) is 0 Å². The monoisotopic (exact) mass is 529 g/mol. The third kappa shape index (κ3) is 2.63. The van der Waals surface area contributed by atoms with E-state index in [4.69, 9.17) is 4.74 Å². The van der Waals surface area contributed by atoms with Crippen LogP contribution in [0.5, 0.6) is 0 Å². The van der Waals surface area contributed by atoms with Gasteiger partial charge < -0.3 is 4.74 Å². The Morgan fingerprint density at radius 2 is 1.67 bits per heavy atom. The molecule has 0 aliphatic carbocycles. The first-order valence-electron chi connectivity index (χ1n) is 8.49. The molecule has 2 heterocycles. The summed E-state index contributed by atoms with van der Waals surface area (Å²) in [7, 11) is 0. The van der Waals surface area contributed by atoms with Crippen LogP contribution >= 0.6 is 38.5 Å². The van der Waals surface area contributed by atoms with E-state index in [1.165, 1.54) is 0 Å². The molecule has 0 saturated heterocycles. The van der Waals surface area contributed by atoms with Crippen molar-refractivity contribution >= 4 is 59.5 Å². The Labute approximate surface area is 178 Å². The lowest BCUT2D eigenvalue weighted by molar-refractivity contribution is 0.0277. The van der Waals surface area contributed by atoms with E-state index in [-0.39, 0.29) is 5.97 Å². The highest BCUT2D eigenvalue weighted by atomic mass is 127. The summed E-state index contributed by atoms with van der Waals surface area (Å²) < 4.78 is 7.98. The smallest absolute Gasteiger partial charge is 0.342 e. The normalized spacial score (nSPS) is 17.8. The van der Waals surface area contributed by atoms with Crippen molar-refractivity contribution in [2.45, 2.75) is 6.23 Å². The molecule has 0 fully saturated rings. The Bertz CT molecular complexity index is 1110. The van der Waals surface area contributed by atoms with Gasteiger partial charge in [0.2, 0.25) is 6.23 Å². The van der Waals surface area contributed by atoms with Gasteiger partial charge in [-0.05, 0) is 51.9 Å². The molecule has 3 aromatic rings. The van der Waals surface area contributed by atoms with Crippen LogP contribution in [0.15, 0.2) is 77.3 Å². The van der Waals surface area contributed by atoms with Crippen LogP contribution in [-0.2, 0) is 4.74 Å². The SMILES string of the molecule is O=C1OC2c3ccccc3C(I)=C(c3ccccc3)N2c2cc(Br)ccc21. The van der Waals surface area contributed by atoms with Crippen LogP contribution in [0.3, 0.4) is 0 Å². The zero-order valence-corrected chi connectivity index (χ0v) is 17.8. The minimum absolute atomic E-state index is 0.294. The standard InChI is InChI=1S/C22H13BrINO2/c23-14-10-11-17-18(12-14)25-20(13-6-2-1-3-7-13)19(24)15-8-4-5-9-16(15)21(25)27-22(17)26/h1-12,21H. The first-order valence-corrected chi connectivity index (χ1v) is 10.4. The van der Waals surface area contributed by atoms with Gasteiger partial charge in [0.15, 0.2) is 0 Å². The zero-order chi connectivity index (χ0) is 18.5. The molecule has 0 radical (unpaired) electrons. The summed E-state index contributed by atoms with van der Waals surface area (Å²) in [4.78, 5) is 14.8. The second-order valence-electron chi connectivity index (χ2n) is 6.41. The maximum atomic E-state index is 12.7. The molecule has 3 nitrogen and oxygen atoms in total. The van der Waals surface area contributed by atoms with Gasteiger partial charge in [0, 0.05) is 13.6 Å². The third-order valence-corrected chi connectivity index (χ3v) is 6.44. The number of nitrogens with zero attached hydrogens (tertiary/aromatic N) is 1. The number of benzene rings is 3. The van der Waals surface area contributed by atoms with Gasteiger partial charge in [-0.15, -0.1) is 0 Å². The fourth-order valence-electron chi connectivity index (χ4n) is 3.67. The minimum atomic E-state index is -0.482. The van der Waals surface area contributed by atoms with E-state index in [2.05, 4.69) is 61.6 Å². The number of carbonyl (C=O) groups is 1. The molecule has 0 aromatic heterocycles. The Kier molecular flexibility index (Phi) is 4.09. The lowest BCUT2D eigenvalue weighted by atomic mass is 9.94. The molecule has 5 heteroatoms. The molecule has 3 aromatic carbocycles. The second-order valence-corrected chi connectivity index (χ2v) is 8.40. The van der Waals surface area contributed by atoms with Crippen molar-refractivity contribution in [1.82, 2.24) is 0 Å². The summed E-state index contributed by atoms with van der Waals surface area (Å²) in [6, 6.07) is 24.0. The van der Waals surface area contributed by atoms with Gasteiger partial charge in [0.25, 0.3) is 0 Å². The van der Waals surface area contributed by atoms with E-state index in [0.717, 1.165) is 36.1 Å². The van der Waals surface area contributed by atoms with Crippen molar-refractivity contribution in [2.24, 2.45) is 0 Å². The van der Waals surface area contributed by atoms with Gasteiger partial charge in [-0.2, -0.15) is 0 Å². The number of halogens is 2. The molecule has 1 unspecified atom stereocenters. The van der Waals surface area contributed by atoms with Crippen molar-refractivity contribution < 1.29 is 9.53 Å². The molecule has 27 heavy (non-hydrogen) atoms. The van der Waals surface area contributed by atoms with E-state index in [1.807, 2.05) is 54.6 Å². The molecule has 0 spiro atoms. The van der Waals surface area contributed by atoms with Crippen LogP contribution in [0.1, 0.15) is 33.3 Å². The summed E-state index contributed by atoms with van der Waals surface area (Å²) in [5.74, 6) is -0.294. The molecule has 2 aliphatic heterocycles. The lowest BCUT2D eigenvalue weighted by Crippen LogP contribution is -2.39. The Balaban J connectivity index is 1.85. The van der Waals surface area contributed by atoms with Crippen LogP contribution in [0, 0.1) is 0 Å². The Morgan fingerprint density at radius 1 is 0.926 bits per heavy atom. The fourth-order valence-corrected chi connectivity index (χ4v) is 5.08. The summed E-state index contributed by atoms with van der Waals surface area (Å²) >= 11 is 5.95. The summed E-state index contributed by atoms with van der Waals surface area (Å²) in [6.07, 6.45) is -0.482. The van der Waals surface area contributed by atoms with Gasteiger partial charge in [-0.3, -0.25) is 4.90 Å². The van der Waals surface area contributed by atoms with Crippen LogP contribution in [0.4, 0.5) is 5.69 Å². The first kappa shape index (κ1) is 17.0. The number of esters is 1. The van der Waals surface area contributed by atoms with E-state index in [1.54, 1.807) is 0 Å². The average molecular weight is 530 g/mol. The van der Waals surface area contributed by atoms with Gasteiger partial charge in [0.05, 0.1) is 16.9 Å². The predicted octanol–water partition coefficient (Wildman–Crippen LogP) is 6.40. The molecule has 1 atom stereocenters. The highest BCUT2D eigenvalue weighted by Gasteiger charge is 2.41. The molecule has 5 rings (SSSR count). The average Bonchev–Trinajstić information content (AvgIpc) is 2.70. The maximum absolute atomic E-state index is 12.7. The van der Waals surface area contributed by atoms with Crippen molar-refractivity contribution in [3.8, 4) is 0 Å². The van der Waals surface area contributed by atoms with Crippen molar-refractivity contribution in [3.05, 3.63) is 99.5 Å². The number of ether oxygens (including phenoxy) is 1. The fraction of sp³-hybridized carbons (Fsp3) is 0.0455. The number of hydrogen-bond donors (Lipinski definition) is 0. The number of fused-ring (bicyclic) bond motifs is 5. The van der Waals surface area contributed by atoms with Gasteiger partial charge in [-0.25, -0.2) is 4.79 Å². The Morgan fingerprint density at radius 3 is 2.48 bits per heavy atom. The number of carbonyl (C=O) groups excluding carboxylic acids is 1. The third-order valence-electron chi connectivity index (χ3n) is 4.85. The first-order chi connectivity index (χ1) is 13.1. The Hall–Kier alpha value is -2.12. The lowest BCUT2D eigenvalue weighted by Gasteiger charge is -2.43. The van der Waals surface area contributed by atoms with Crippen LogP contribution < -0.4 is 4.90 Å². The maximum Gasteiger partial charge on any atom is 0.342 e. The second kappa shape index (κ2) is 6.49. The van der Waals surface area contributed by atoms with E-state index < -0.39 is 6.23 Å². The van der Waals surface area contributed by atoms with E-state index in [9.17, 15) is 4.79 Å². The van der Waals surface area contributed by atoms with Crippen molar-refractivity contribution in [2.75, 3.05) is 4.90 Å². The topological polar surface area (TPSA) is 29.5 Å². The molecular formula is C22H13BrINO2. The van der Waals surface area contributed by atoms with Gasteiger partial charge >= 0.3 is 5.97 Å². The number of rotatable bonds is 1. The summed E-state index contributed by atoms with van der Waals surface area (Å²) in [6.45, 7) is 0. The van der Waals surface area contributed by atoms with Crippen LogP contribution in [0.25, 0.3) is 9.28 Å². The van der Waals surface area contributed by atoms with Crippen molar-refractivity contribution in [3.63, 3.8) is 0 Å². The van der Waals surface area contributed by atoms with Gasteiger partial charge in [-0.1, -0.05) is 70.5 Å². The predicted molar refractivity (Wildman–Crippen MR) is 118 cm³/mol. The quantitative estimate of drug-likeness (QED) is 0.270. The van der Waals surface area contributed by atoms with Crippen LogP contribution in [-0.4, -0.2) is 5.97 Å². The zero-order valence-electron chi connectivity index (χ0n) is 14.0. The largest absolute Gasteiger partial charge is 0.433 e. The molecule has 132 valence electrons. The highest BCUT2D eigenvalue weighted by Crippen LogP contribution is 2.51. The van der Waals surface area contributed by atoms with Gasteiger partial charge in [0.1, 0.15) is 0 Å². The summed E-state index contributed by atoms with van der Waals surface area (Å²) in [5, 5.41) is 0. The number of anilines is 1. The highest BCUT2D eigenvalue weighted by molar-refractivity contribution is 14.1.